The third-order valence-corrected chi connectivity index (χ3v) is 3.16. The molecule has 0 aliphatic rings. The number of phenols is 1. The third-order valence-electron chi connectivity index (χ3n) is 2.67. The number of benzene rings is 2. The zero-order valence-corrected chi connectivity index (χ0v) is 12.3. The van der Waals surface area contributed by atoms with Gasteiger partial charge in [0.1, 0.15) is 17.2 Å². The first-order chi connectivity index (χ1) is 9.10. The normalized spacial score (nSPS) is 10.9. The number of phenolic OH excluding ortho intramolecular Hbond substituents is 1. The summed E-state index contributed by atoms with van der Waals surface area (Å²) in [7, 11) is 1.61. The van der Waals surface area contributed by atoms with Crippen LogP contribution in [0, 0.1) is 6.92 Å². The van der Waals surface area contributed by atoms with E-state index in [1.54, 1.807) is 31.5 Å². The Kier molecular flexibility index (Phi) is 4.22. The second-order valence-corrected chi connectivity index (χ2v) is 5.05. The van der Waals surface area contributed by atoms with Crippen LogP contribution >= 0.6 is 15.9 Å². The Labute approximate surface area is 120 Å². The van der Waals surface area contributed by atoms with E-state index in [4.69, 9.17) is 4.74 Å². The van der Waals surface area contributed by atoms with Crippen LogP contribution in [0.15, 0.2) is 45.9 Å². The predicted molar refractivity (Wildman–Crippen MR) is 80.8 cm³/mol. The number of rotatable bonds is 3. The van der Waals surface area contributed by atoms with Gasteiger partial charge in [0.2, 0.25) is 0 Å². The van der Waals surface area contributed by atoms with Gasteiger partial charge in [-0.25, -0.2) is 0 Å². The Morgan fingerprint density at radius 3 is 2.74 bits per heavy atom. The van der Waals surface area contributed by atoms with Gasteiger partial charge in [0.15, 0.2) is 0 Å². The van der Waals surface area contributed by atoms with Gasteiger partial charge in [0.05, 0.1) is 7.11 Å². The lowest BCUT2D eigenvalue weighted by molar-refractivity contribution is 0.416. The standard InChI is InChI=1S/C15H14BrNO2/c1-10-3-6-15(19-2)13(7-10)17-9-11-8-12(16)4-5-14(11)18/h3-9,18H,1-2H3. The van der Waals surface area contributed by atoms with Crippen molar-refractivity contribution in [2.45, 2.75) is 6.92 Å². The molecule has 1 N–H and O–H groups in total. The molecule has 0 atom stereocenters. The van der Waals surface area contributed by atoms with E-state index in [2.05, 4.69) is 20.9 Å². The molecule has 0 unspecified atom stereocenters. The summed E-state index contributed by atoms with van der Waals surface area (Å²) in [6, 6.07) is 11.0. The van der Waals surface area contributed by atoms with Crippen molar-refractivity contribution < 1.29 is 9.84 Å². The fraction of sp³-hybridized carbons (Fsp3) is 0.133. The Balaban J connectivity index is 2.37. The molecular formula is C15H14BrNO2. The molecule has 0 bridgehead atoms. The zero-order chi connectivity index (χ0) is 13.8. The van der Waals surface area contributed by atoms with Crippen molar-refractivity contribution in [1.82, 2.24) is 0 Å². The fourth-order valence-electron chi connectivity index (χ4n) is 1.67. The van der Waals surface area contributed by atoms with Gasteiger partial charge in [-0.1, -0.05) is 22.0 Å². The van der Waals surface area contributed by atoms with E-state index >= 15 is 0 Å². The highest BCUT2D eigenvalue weighted by atomic mass is 79.9. The van der Waals surface area contributed by atoms with Gasteiger partial charge in [0, 0.05) is 16.3 Å². The average molecular weight is 320 g/mol. The van der Waals surface area contributed by atoms with Gasteiger partial charge in [0.25, 0.3) is 0 Å². The van der Waals surface area contributed by atoms with E-state index in [-0.39, 0.29) is 5.75 Å². The summed E-state index contributed by atoms with van der Waals surface area (Å²) in [6.45, 7) is 2.00. The van der Waals surface area contributed by atoms with Crippen LogP contribution in [-0.2, 0) is 0 Å². The maximum absolute atomic E-state index is 9.75. The van der Waals surface area contributed by atoms with Gasteiger partial charge >= 0.3 is 0 Å². The smallest absolute Gasteiger partial charge is 0.144 e. The second kappa shape index (κ2) is 5.89. The number of aliphatic imine (C=N–C) groups is 1. The fourth-order valence-corrected chi connectivity index (χ4v) is 2.05. The molecule has 0 fully saturated rings. The monoisotopic (exact) mass is 319 g/mol. The summed E-state index contributed by atoms with van der Waals surface area (Å²) >= 11 is 3.36. The molecule has 0 saturated heterocycles. The Morgan fingerprint density at radius 1 is 1.21 bits per heavy atom. The third kappa shape index (κ3) is 3.35. The molecule has 0 aromatic heterocycles. The molecule has 0 amide bonds. The lowest BCUT2D eigenvalue weighted by Crippen LogP contribution is -1.86. The summed E-state index contributed by atoms with van der Waals surface area (Å²) in [6.07, 6.45) is 1.62. The first-order valence-corrected chi connectivity index (χ1v) is 6.56. The molecular weight excluding hydrogens is 306 g/mol. The first-order valence-electron chi connectivity index (χ1n) is 5.77. The number of halogens is 1. The Bertz CT molecular complexity index is 624. The van der Waals surface area contributed by atoms with Crippen molar-refractivity contribution in [1.29, 1.82) is 0 Å². The molecule has 98 valence electrons. The van der Waals surface area contributed by atoms with Crippen LogP contribution in [0.5, 0.6) is 11.5 Å². The molecule has 19 heavy (non-hydrogen) atoms. The van der Waals surface area contributed by atoms with Crippen LogP contribution in [0.25, 0.3) is 0 Å². The SMILES string of the molecule is COc1ccc(C)cc1N=Cc1cc(Br)ccc1O. The molecule has 0 heterocycles. The average Bonchev–Trinajstić information content (AvgIpc) is 2.40. The molecule has 2 rings (SSSR count). The highest BCUT2D eigenvalue weighted by molar-refractivity contribution is 9.10. The van der Waals surface area contributed by atoms with Crippen molar-refractivity contribution in [3.63, 3.8) is 0 Å². The Morgan fingerprint density at radius 2 is 2.00 bits per heavy atom. The number of hydrogen-bond acceptors (Lipinski definition) is 3. The van der Waals surface area contributed by atoms with Crippen LogP contribution < -0.4 is 4.74 Å². The minimum Gasteiger partial charge on any atom is -0.507 e. The summed E-state index contributed by atoms with van der Waals surface area (Å²) in [4.78, 5) is 4.38. The molecule has 0 radical (unpaired) electrons. The van der Waals surface area contributed by atoms with E-state index in [0.717, 1.165) is 15.7 Å². The molecule has 2 aromatic carbocycles. The predicted octanol–water partition coefficient (Wildman–Crippen LogP) is 4.22. The van der Waals surface area contributed by atoms with Crippen LogP contribution in [0.2, 0.25) is 0 Å². The van der Waals surface area contributed by atoms with E-state index < -0.39 is 0 Å². The lowest BCUT2D eigenvalue weighted by atomic mass is 10.2. The minimum atomic E-state index is 0.193. The number of methoxy groups -OCH3 is 1. The van der Waals surface area contributed by atoms with Crippen molar-refractivity contribution in [3.8, 4) is 11.5 Å². The van der Waals surface area contributed by atoms with Gasteiger partial charge < -0.3 is 9.84 Å². The van der Waals surface area contributed by atoms with Crippen LogP contribution in [-0.4, -0.2) is 18.4 Å². The summed E-state index contributed by atoms with van der Waals surface area (Å²) < 4.78 is 6.15. The first kappa shape index (κ1) is 13.6. The van der Waals surface area contributed by atoms with Crippen molar-refractivity contribution in [2.75, 3.05) is 7.11 Å². The van der Waals surface area contributed by atoms with E-state index in [9.17, 15) is 5.11 Å². The quantitative estimate of drug-likeness (QED) is 0.860. The maximum Gasteiger partial charge on any atom is 0.144 e. The van der Waals surface area contributed by atoms with Crippen LogP contribution in [0.4, 0.5) is 5.69 Å². The van der Waals surface area contributed by atoms with E-state index in [1.165, 1.54) is 0 Å². The van der Waals surface area contributed by atoms with Gasteiger partial charge in [-0.05, 0) is 42.8 Å². The molecule has 0 aliphatic carbocycles. The minimum absolute atomic E-state index is 0.193. The second-order valence-electron chi connectivity index (χ2n) is 4.14. The number of aromatic hydroxyl groups is 1. The highest BCUT2D eigenvalue weighted by Gasteiger charge is 2.02. The molecule has 0 saturated carbocycles. The number of aryl methyl sites for hydroxylation is 1. The largest absolute Gasteiger partial charge is 0.507 e. The van der Waals surface area contributed by atoms with Gasteiger partial charge in [-0.2, -0.15) is 0 Å². The Hall–Kier alpha value is -1.81. The number of nitrogens with zero attached hydrogens (tertiary/aromatic N) is 1. The van der Waals surface area contributed by atoms with Gasteiger partial charge in [-0.3, -0.25) is 4.99 Å². The van der Waals surface area contributed by atoms with E-state index in [0.29, 0.717) is 11.3 Å². The van der Waals surface area contributed by atoms with Crippen molar-refractivity contribution in [2.24, 2.45) is 4.99 Å². The molecule has 4 heteroatoms. The van der Waals surface area contributed by atoms with Crippen LogP contribution in [0.1, 0.15) is 11.1 Å². The van der Waals surface area contributed by atoms with Crippen LogP contribution in [0.3, 0.4) is 0 Å². The molecule has 0 spiro atoms. The molecule has 2 aromatic rings. The van der Waals surface area contributed by atoms with E-state index in [1.807, 2.05) is 25.1 Å². The number of hydrogen-bond donors (Lipinski definition) is 1. The summed E-state index contributed by atoms with van der Waals surface area (Å²) in [5, 5.41) is 9.75. The summed E-state index contributed by atoms with van der Waals surface area (Å²) in [5.41, 5.74) is 2.49. The van der Waals surface area contributed by atoms with Crippen molar-refractivity contribution >= 4 is 27.8 Å². The topological polar surface area (TPSA) is 41.8 Å². The molecule has 3 nitrogen and oxygen atoms in total. The lowest BCUT2D eigenvalue weighted by Gasteiger charge is -2.05. The molecule has 0 aliphatic heterocycles. The number of ether oxygens (including phenoxy) is 1. The summed E-state index contributed by atoms with van der Waals surface area (Å²) in [5.74, 6) is 0.898. The highest BCUT2D eigenvalue weighted by Crippen LogP contribution is 2.29. The maximum atomic E-state index is 9.75. The van der Waals surface area contributed by atoms with Crippen molar-refractivity contribution in [3.05, 3.63) is 52.0 Å². The van der Waals surface area contributed by atoms with Gasteiger partial charge in [-0.15, -0.1) is 0 Å². The zero-order valence-electron chi connectivity index (χ0n) is 10.7.